The monoisotopic (exact) mass is 562 g/mol. The molecule has 9 heteroatoms. The smallest absolute Gasteiger partial charge is 0.338 e. The number of anilines is 2. The average molecular weight is 562 g/mol. The van der Waals surface area contributed by atoms with E-state index in [1.807, 2.05) is 24.3 Å². The summed E-state index contributed by atoms with van der Waals surface area (Å²) in [6.45, 7) is 0.110. The molecule has 0 aromatic heterocycles. The number of nitrogens with zero attached hydrogens (tertiary/aromatic N) is 1. The van der Waals surface area contributed by atoms with E-state index in [1.165, 1.54) is 24.3 Å². The third kappa shape index (κ3) is 4.94. The van der Waals surface area contributed by atoms with Crippen LogP contribution in [0.5, 0.6) is 0 Å². The topological polar surface area (TPSA) is 92.8 Å². The van der Waals surface area contributed by atoms with Crippen LogP contribution in [0, 0.1) is 3.57 Å². The predicted octanol–water partition coefficient (Wildman–Crippen LogP) is 3.84. The molecule has 0 atom stereocenters. The third-order valence-corrected chi connectivity index (χ3v) is 7.09. The molecule has 0 aliphatic carbocycles. The number of hydrogen-bond donors (Lipinski definition) is 1. The molecule has 0 bridgehead atoms. The van der Waals surface area contributed by atoms with Crippen molar-refractivity contribution in [1.29, 1.82) is 0 Å². The molecule has 1 aliphatic heterocycles. The average Bonchev–Trinajstić information content (AvgIpc) is 3.23. The van der Waals surface area contributed by atoms with Crippen molar-refractivity contribution in [2.24, 2.45) is 0 Å². The molecule has 1 aliphatic rings. The van der Waals surface area contributed by atoms with Crippen LogP contribution in [0.1, 0.15) is 15.9 Å². The fourth-order valence-electron chi connectivity index (χ4n) is 3.41. The van der Waals surface area contributed by atoms with Crippen molar-refractivity contribution in [3.05, 3.63) is 87.5 Å². The van der Waals surface area contributed by atoms with Crippen LogP contribution in [0.15, 0.2) is 77.7 Å². The molecule has 0 radical (unpaired) electrons. The van der Waals surface area contributed by atoms with Crippen molar-refractivity contribution >= 4 is 55.9 Å². The number of sulfonamides is 1. The second kappa shape index (κ2) is 9.29. The highest BCUT2D eigenvalue weighted by Crippen LogP contribution is 2.27. The lowest BCUT2D eigenvalue weighted by Gasteiger charge is -2.17. The molecular formula is C23H19IN2O5S. The first-order valence-electron chi connectivity index (χ1n) is 9.77. The molecule has 3 aromatic rings. The Morgan fingerprint density at radius 3 is 2.53 bits per heavy atom. The highest BCUT2D eigenvalue weighted by Gasteiger charge is 2.25. The highest BCUT2D eigenvalue weighted by molar-refractivity contribution is 14.1. The van der Waals surface area contributed by atoms with E-state index in [4.69, 9.17) is 4.74 Å². The number of halogens is 1. The molecule has 1 heterocycles. The van der Waals surface area contributed by atoms with E-state index in [9.17, 15) is 18.0 Å². The van der Waals surface area contributed by atoms with Gasteiger partial charge in [-0.05, 0) is 83.1 Å². The third-order valence-electron chi connectivity index (χ3n) is 4.99. The summed E-state index contributed by atoms with van der Waals surface area (Å²) in [5, 5.41) is 0. The second-order valence-corrected chi connectivity index (χ2v) is 10.1. The maximum Gasteiger partial charge on any atom is 0.338 e. The first-order chi connectivity index (χ1) is 15.3. The van der Waals surface area contributed by atoms with Crippen LogP contribution in [0.4, 0.5) is 11.4 Å². The fourth-order valence-corrected chi connectivity index (χ4v) is 4.87. The lowest BCUT2D eigenvalue weighted by atomic mass is 10.2. The molecule has 3 aromatic carbocycles. The molecule has 32 heavy (non-hydrogen) atoms. The van der Waals surface area contributed by atoms with Gasteiger partial charge in [0.05, 0.1) is 10.5 Å². The minimum atomic E-state index is -3.90. The molecule has 1 N–H and O–H groups in total. The standard InChI is InChI=1S/C23H19IN2O5S/c24-18-8-10-19(11-9-18)25-32(29,30)20-6-3-5-17(14-20)23(28)31-15-22(27)26-13-12-16-4-1-2-7-21(16)26/h1-11,14,25H,12-13,15H2. The number of rotatable bonds is 6. The number of nitrogens with one attached hydrogen (secondary N) is 1. The summed E-state index contributed by atoms with van der Waals surface area (Å²) in [6, 6.07) is 20.0. The molecule has 0 saturated heterocycles. The van der Waals surface area contributed by atoms with Crippen molar-refractivity contribution in [3.8, 4) is 0 Å². The first-order valence-corrected chi connectivity index (χ1v) is 12.3. The number of amides is 1. The Morgan fingerprint density at radius 2 is 1.75 bits per heavy atom. The molecule has 7 nitrogen and oxygen atoms in total. The summed E-state index contributed by atoms with van der Waals surface area (Å²) in [5.41, 5.74) is 2.36. The number of ether oxygens (including phenoxy) is 1. The van der Waals surface area contributed by atoms with Gasteiger partial charge in [0.25, 0.3) is 15.9 Å². The lowest BCUT2D eigenvalue weighted by molar-refractivity contribution is -0.121. The minimum Gasteiger partial charge on any atom is -0.452 e. The molecular weight excluding hydrogens is 543 g/mol. The Balaban J connectivity index is 1.42. The summed E-state index contributed by atoms with van der Waals surface area (Å²) < 4.78 is 34.0. The maximum absolute atomic E-state index is 12.7. The normalized spacial score (nSPS) is 12.8. The Kier molecular flexibility index (Phi) is 6.47. The van der Waals surface area contributed by atoms with Crippen molar-refractivity contribution in [2.45, 2.75) is 11.3 Å². The van der Waals surface area contributed by atoms with Crippen LogP contribution in [-0.2, 0) is 26.0 Å². The van der Waals surface area contributed by atoms with Crippen molar-refractivity contribution < 1.29 is 22.7 Å². The van der Waals surface area contributed by atoms with Gasteiger partial charge in [-0.15, -0.1) is 0 Å². The van der Waals surface area contributed by atoms with Crippen LogP contribution in [0.25, 0.3) is 0 Å². The Hall–Kier alpha value is -2.92. The minimum absolute atomic E-state index is 0.0464. The summed E-state index contributed by atoms with van der Waals surface area (Å²) in [4.78, 5) is 26.5. The summed E-state index contributed by atoms with van der Waals surface area (Å²) in [6.07, 6.45) is 0.753. The zero-order valence-electron chi connectivity index (χ0n) is 16.8. The lowest BCUT2D eigenvalue weighted by Crippen LogP contribution is -2.33. The number of carbonyl (C=O) groups is 2. The van der Waals surface area contributed by atoms with Crippen LogP contribution >= 0.6 is 22.6 Å². The van der Waals surface area contributed by atoms with Crippen molar-refractivity contribution in [1.82, 2.24) is 0 Å². The zero-order chi connectivity index (χ0) is 22.7. The number of benzene rings is 3. The number of hydrogen-bond acceptors (Lipinski definition) is 5. The van der Waals surface area contributed by atoms with Gasteiger partial charge in [0.1, 0.15) is 0 Å². The molecule has 0 spiro atoms. The van der Waals surface area contributed by atoms with Crippen molar-refractivity contribution in [3.63, 3.8) is 0 Å². The number of esters is 1. The van der Waals surface area contributed by atoms with Crippen molar-refractivity contribution in [2.75, 3.05) is 22.8 Å². The largest absolute Gasteiger partial charge is 0.452 e. The quantitative estimate of drug-likeness (QED) is 0.364. The molecule has 0 fully saturated rings. The predicted molar refractivity (Wildman–Crippen MR) is 129 cm³/mol. The van der Waals surface area contributed by atoms with E-state index < -0.39 is 22.6 Å². The van der Waals surface area contributed by atoms with Gasteiger partial charge in [0, 0.05) is 21.5 Å². The van der Waals surface area contributed by atoms with E-state index in [-0.39, 0.29) is 16.4 Å². The Bertz CT molecular complexity index is 1280. The van der Waals surface area contributed by atoms with E-state index >= 15 is 0 Å². The Labute approximate surface area is 199 Å². The highest BCUT2D eigenvalue weighted by atomic mass is 127. The van der Waals surface area contributed by atoms with Gasteiger partial charge in [0.15, 0.2) is 6.61 Å². The molecule has 0 saturated carbocycles. The van der Waals surface area contributed by atoms with Gasteiger partial charge in [-0.25, -0.2) is 13.2 Å². The van der Waals surface area contributed by atoms with Gasteiger partial charge >= 0.3 is 5.97 Å². The summed E-state index contributed by atoms with van der Waals surface area (Å²) in [5.74, 6) is -1.09. The van der Waals surface area contributed by atoms with Crippen LogP contribution < -0.4 is 9.62 Å². The second-order valence-electron chi connectivity index (χ2n) is 7.14. The zero-order valence-corrected chi connectivity index (χ0v) is 19.8. The van der Waals surface area contributed by atoms with Gasteiger partial charge in [-0.1, -0.05) is 24.3 Å². The summed E-state index contributed by atoms with van der Waals surface area (Å²) >= 11 is 2.13. The van der Waals surface area contributed by atoms with E-state index in [0.29, 0.717) is 12.2 Å². The first kappa shape index (κ1) is 22.3. The Morgan fingerprint density at radius 1 is 1.00 bits per heavy atom. The van der Waals surface area contributed by atoms with Gasteiger partial charge in [-0.3, -0.25) is 9.52 Å². The summed E-state index contributed by atoms with van der Waals surface area (Å²) in [7, 11) is -3.90. The molecule has 4 rings (SSSR count). The van der Waals surface area contributed by atoms with E-state index in [2.05, 4.69) is 27.3 Å². The molecule has 1 amide bonds. The number of fused-ring (bicyclic) bond motifs is 1. The maximum atomic E-state index is 12.7. The van der Waals surface area contributed by atoms with Crippen LogP contribution in [0.2, 0.25) is 0 Å². The SMILES string of the molecule is O=C(OCC(=O)N1CCc2ccccc21)c1cccc(S(=O)(=O)Nc2ccc(I)cc2)c1. The van der Waals surface area contributed by atoms with E-state index in [0.717, 1.165) is 21.2 Å². The molecule has 0 unspecified atom stereocenters. The van der Waals surface area contributed by atoms with E-state index in [1.54, 1.807) is 29.2 Å². The fraction of sp³-hybridized carbons (Fsp3) is 0.130. The van der Waals surface area contributed by atoms with Crippen LogP contribution in [-0.4, -0.2) is 33.4 Å². The van der Waals surface area contributed by atoms with Gasteiger partial charge in [0.2, 0.25) is 0 Å². The molecule has 164 valence electrons. The van der Waals surface area contributed by atoms with Gasteiger partial charge < -0.3 is 9.64 Å². The van der Waals surface area contributed by atoms with Gasteiger partial charge in [-0.2, -0.15) is 0 Å². The number of carbonyl (C=O) groups excluding carboxylic acids is 2. The van der Waals surface area contributed by atoms with Crippen LogP contribution in [0.3, 0.4) is 0 Å². The number of para-hydroxylation sites is 1.